The highest BCUT2D eigenvalue weighted by atomic mass is 16.4. The first-order chi connectivity index (χ1) is 9.44. The van der Waals surface area contributed by atoms with Crippen LogP contribution < -0.4 is 5.32 Å². The second kappa shape index (κ2) is 7.08. The summed E-state index contributed by atoms with van der Waals surface area (Å²) in [5.74, 6) is -1.22. The van der Waals surface area contributed by atoms with Crippen LogP contribution in [0.1, 0.15) is 45.1 Å². The van der Waals surface area contributed by atoms with Crippen LogP contribution in [0.25, 0.3) is 0 Å². The highest BCUT2D eigenvalue weighted by Gasteiger charge is 2.32. The molecular weight excluding hydrogens is 254 g/mol. The van der Waals surface area contributed by atoms with Crippen molar-refractivity contribution in [2.24, 2.45) is 5.41 Å². The van der Waals surface area contributed by atoms with Gasteiger partial charge in [0.2, 0.25) is 5.91 Å². The second-order valence-electron chi connectivity index (χ2n) is 5.31. The molecule has 0 bridgehead atoms. The van der Waals surface area contributed by atoms with Crippen molar-refractivity contribution in [3.8, 4) is 0 Å². The minimum Gasteiger partial charge on any atom is -0.481 e. The van der Waals surface area contributed by atoms with Crippen molar-refractivity contribution in [2.75, 3.05) is 6.54 Å². The van der Waals surface area contributed by atoms with Gasteiger partial charge in [0.15, 0.2) is 0 Å². The molecule has 20 heavy (non-hydrogen) atoms. The van der Waals surface area contributed by atoms with Gasteiger partial charge in [-0.15, -0.1) is 0 Å². The monoisotopic (exact) mass is 277 g/mol. The Labute approximate surface area is 120 Å². The Morgan fingerprint density at radius 3 is 2.30 bits per heavy atom. The summed E-state index contributed by atoms with van der Waals surface area (Å²) in [6.45, 7) is 5.57. The van der Waals surface area contributed by atoms with Gasteiger partial charge in [0.1, 0.15) is 0 Å². The SMILES string of the molecule is CCC(C(=O)NCC(C)(CC)C(=O)O)c1ccccc1. The van der Waals surface area contributed by atoms with Crippen molar-refractivity contribution in [2.45, 2.75) is 39.5 Å². The fourth-order valence-electron chi connectivity index (χ4n) is 2.02. The predicted octanol–water partition coefficient (Wildman–Crippen LogP) is 2.80. The number of carboxylic acids is 1. The van der Waals surface area contributed by atoms with Crippen molar-refractivity contribution in [3.63, 3.8) is 0 Å². The van der Waals surface area contributed by atoms with Crippen LogP contribution in [-0.4, -0.2) is 23.5 Å². The predicted molar refractivity (Wildman–Crippen MR) is 78.5 cm³/mol. The zero-order valence-corrected chi connectivity index (χ0v) is 12.3. The molecule has 0 aliphatic heterocycles. The molecule has 0 fully saturated rings. The van der Waals surface area contributed by atoms with Gasteiger partial charge in [-0.3, -0.25) is 9.59 Å². The number of rotatable bonds is 7. The zero-order chi connectivity index (χ0) is 15.2. The van der Waals surface area contributed by atoms with Gasteiger partial charge < -0.3 is 10.4 Å². The first-order valence-electron chi connectivity index (χ1n) is 7.00. The molecule has 0 aliphatic carbocycles. The summed E-state index contributed by atoms with van der Waals surface area (Å²) in [6, 6.07) is 9.55. The Morgan fingerprint density at radius 2 is 1.85 bits per heavy atom. The van der Waals surface area contributed by atoms with Gasteiger partial charge in [0.05, 0.1) is 11.3 Å². The van der Waals surface area contributed by atoms with E-state index in [1.165, 1.54) is 0 Å². The lowest BCUT2D eigenvalue weighted by Crippen LogP contribution is -2.42. The maximum Gasteiger partial charge on any atom is 0.311 e. The summed E-state index contributed by atoms with van der Waals surface area (Å²) in [5, 5.41) is 12.0. The molecule has 4 nitrogen and oxygen atoms in total. The Morgan fingerprint density at radius 1 is 1.25 bits per heavy atom. The van der Waals surface area contributed by atoms with E-state index in [9.17, 15) is 14.7 Å². The fourth-order valence-corrected chi connectivity index (χ4v) is 2.02. The molecule has 2 atom stereocenters. The molecule has 0 aromatic heterocycles. The topological polar surface area (TPSA) is 66.4 Å². The summed E-state index contributed by atoms with van der Waals surface area (Å²) in [7, 11) is 0. The highest BCUT2D eigenvalue weighted by molar-refractivity contribution is 5.84. The van der Waals surface area contributed by atoms with Gasteiger partial charge in [-0.05, 0) is 25.3 Å². The third-order valence-electron chi connectivity index (χ3n) is 3.88. The third kappa shape index (κ3) is 3.83. The van der Waals surface area contributed by atoms with Gasteiger partial charge in [0.25, 0.3) is 0 Å². The van der Waals surface area contributed by atoms with Crippen LogP contribution >= 0.6 is 0 Å². The molecule has 110 valence electrons. The third-order valence-corrected chi connectivity index (χ3v) is 3.88. The van der Waals surface area contributed by atoms with Gasteiger partial charge >= 0.3 is 5.97 Å². The smallest absolute Gasteiger partial charge is 0.311 e. The van der Waals surface area contributed by atoms with Gasteiger partial charge in [-0.2, -0.15) is 0 Å². The van der Waals surface area contributed by atoms with Gasteiger partial charge in [-0.25, -0.2) is 0 Å². The van der Waals surface area contributed by atoms with Crippen LogP contribution in [-0.2, 0) is 9.59 Å². The molecule has 0 aliphatic rings. The molecule has 2 N–H and O–H groups in total. The molecule has 0 radical (unpaired) electrons. The number of hydrogen-bond donors (Lipinski definition) is 2. The molecule has 2 unspecified atom stereocenters. The molecule has 0 saturated carbocycles. The minimum atomic E-state index is -0.912. The van der Waals surface area contributed by atoms with E-state index in [0.29, 0.717) is 12.8 Å². The second-order valence-corrected chi connectivity index (χ2v) is 5.31. The number of benzene rings is 1. The maximum absolute atomic E-state index is 12.3. The summed E-state index contributed by atoms with van der Waals surface area (Å²) in [6.07, 6.45) is 1.16. The Hall–Kier alpha value is -1.84. The van der Waals surface area contributed by atoms with Crippen molar-refractivity contribution >= 4 is 11.9 Å². The Bertz CT molecular complexity index is 458. The molecule has 0 heterocycles. The van der Waals surface area contributed by atoms with Crippen molar-refractivity contribution in [3.05, 3.63) is 35.9 Å². The quantitative estimate of drug-likeness (QED) is 0.805. The van der Waals surface area contributed by atoms with Crippen molar-refractivity contribution < 1.29 is 14.7 Å². The molecular formula is C16H23NO3. The van der Waals surface area contributed by atoms with Crippen molar-refractivity contribution in [1.29, 1.82) is 0 Å². The average molecular weight is 277 g/mol. The standard InChI is InChI=1S/C16H23NO3/c1-4-13(12-9-7-6-8-10-12)14(18)17-11-16(3,5-2)15(19)20/h6-10,13H,4-5,11H2,1-3H3,(H,17,18)(H,19,20). The zero-order valence-electron chi connectivity index (χ0n) is 12.3. The van der Waals surface area contributed by atoms with Crippen LogP contribution in [0.5, 0.6) is 0 Å². The lowest BCUT2D eigenvalue weighted by atomic mass is 9.87. The van der Waals surface area contributed by atoms with Gasteiger partial charge in [-0.1, -0.05) is 44.2 Å². The number of carbonyl (C=O) groups is 2. The molecule has 1 rings (SSSR count). The summed E-state index contributed by atoms with van der Waals surface area (Å²) >= 11 is 0. The first kappa shape index (κ1) is 16.2. The molecule has 1 amide bonds. The number of amides is 1. The normalized spacial score (nSPS) is 15.2. The van der Waals surface area contributed by atoms with E-state index in [1.807, 2.05) is 44.2 Å². The van der Waals surface area contributed by atoms with Crippen LogP contribution in [0.4, 0.5) is 0 Å². The lowest BCUT2D eigenvalue weighted by Gasteiger charge is -2.25. The minimum absolute atomic E-state index is 0.111. The fraction of sp³-hybridized carbons (Fsp3) is 0.500. The largest absolute Gasteiger partial charge is 0.481 e. The number of nitrogens with one attached hydrogen (secondary N) is 1. The summed E-state index contributed by atoms with van der Waals surface area (Å²) < 4.78 is 0. The van der Waals surface area contributed by atoms with Crippen LogP contribution in [0.2, 0.25) is 0 Å². The average Bonchev–Trinajstić information content (AvgIpc) is 2.46. The van der Waals surface area contributed by atoms with E-state index >= 15 is 0 Å². The van der Waals surface area contributed by atoms with Crippen LogP contribution in [0.3, 0.4) is 0 Å². The summed E-state index contributed by atoms with van der Waals surface area (Å²) in [5.41, 5.74) is 0.0472. The lowest BCUT2D eigenvalue weighted by molar-refractivity contribution is -0.148. The van der Waals surface area contributed by atoms with E-state index in [-0.39, 0.29) is 18.4 Å². The van der Waals surface area contributed by atoms with E-state index in [2.05, 4.69) is 5.32 Å². The summed E-state index contributed by atoms with van der Waals surface area (Å²) in [4.78, 5) is 23.5. The van der Waals surface area contributed by atoms with E-state index in [1.54, 1.807) is 6.92 Å². The van der Waals surface area contributed by atoms with Crippen molar-refractivity contribution in [1.82, 2.24) is 5.32 Å². The number of carboxylic acid groups (broad SMARTS) is 1. The van der Waals surface area contributed by atoms with Crippen LogP contribution in [0, 0.1) is 5.41 Å². The van der Waals surface area contributed by atoms with E-state index in [4.69, 9.17) is 0 Å². The molecule has 4 heteroatoms. The molecule has 1 aromatic rings. The molecule has 0 saturated heterocycles. The maximum atomic E-state index is 12.3. The Kier molecular flexibility index (Phi) is 5.74. The highest BCUT2D eigenvalue weighted by Crippen LogP contribution is 2.22. The number of aliphatic carboxylic acids is 1. The number of carbonyl (C=O) groups excluding carboxylic acids is 1. The number of hydrogen-bond acceptors (Lipinski definition) is 2. The van der Waals surface area contributed by atoms with Crippen LogP contribution in [0.15, 0.2) is 30.3 Å². The first-order valence-corrected chi connectivity index (χ1v) is 7.00. The molecule has 0 spiro atoms. The van der Waals surface area contributed by atoms with Gasteiger partial charge in [0, 0.05) is 6.54 Å². The Balaban J connectivity index is 2.72. The molecule has 1 aromatic carbocycles. The van der Waals surface area contributed by atoms with E-state index < -0.39 is 11.4 Å². The van der Waals surface area contributed by atoms with E-state index in [0.717, 1.165) is 5.56 Å².